The van der Waals surface area contributed by atoms with Gasteiger partial charge in [-0.2, -0.15) is 0 Å². The number of rotatable bonds is 6. The van der Waals surface area contributed by atoms with E-state index in [9.17, 15) is 0 Å². The standard InChI is InChI=1S/C14H17N3O/c1-15-11-12-5-8-17-14(10-12)18-9-6-13-4-2-3-7-16-13/h2-5,7-8,10,15H,6,9,11H2,1H3. The minimum absolute atomic E-state index is 0.590. The van der Waals surface area contributed by atoms with E-state index in [0.29, 0.717) is 12.5 Å². The van der Waals surface area contributed by atoms with Crippen molar-refractivity contribution in [2.75, 3.05) is 13.7 Å². The second-order valence-electron chi connectivity index (χ2n) is 3.95. The molecule has 2 heterocycles. The first-order valence-corrected chi connectivity index (χ1v) is 6.01. The first-order valence-electron chi connectivity index (χ1n) is 6.01. The van der Waals surface area contributed by atoms with Crippen molar-refractivity contribution in [3.05, 3.63) is 54.0 Å². The van der Waals surface area contributed by atoms with E-state index >= 15 is 0 Å². The van der Waals surface area contributed by atoms with Crippen molar-refractivity contribution in [3.8, 4) is 5.88 Å². The highest BCUT2D eigenvalue weighted by Crippen LogP contribution is 2.09. The fourth-order valence-electron chi connectivity index (χ4n) is 1.65. The summed E-state index contributed by atoms with van der Waals surface area (Å²) in [7, 11) is 1.92. The summed E-state index contributed by atoms with van der Waals surface area (Å²) in [6.45, 7) is 1.41. The van der Waals surface area contributed by atoms with Gasteiger partial charge in [0, 0.05) is 37.1 Å². The SMILES string of the molecule is CNCc1ccnc(OCCc2ccccn2)c1. The van der Waals surface area contributed by atoms with Crippen LogP contribution in [0, 0.1) is 0 Å². The number of hydrogen-bond acceptors (Lipinski definition) is 4. The average Bonchev–Trinajstić information content (AvgIpc) is 2.41. The second kappa shape index (κ2) is 6.71. The van der Waals surface area contributed by atoms with Gasteiger partial charge in [0.1, 0.15) is 0 Å². The van der Waals surface area contributed by atoms with Crippen LogP contribution in [-0.4, -0.2) is 23.6 Å². The van der Waals surface area contributed by atoms with Crippen LogP contribution in [0.25, 0.3) is 0 Å². The number of ether oxygens (including phenoxy) is 1. The Kier molecular flexibility index (Phi) is 4.67. The van der Waals surface area contributed by atoms with Crippen LogP contribution < -0.4 is 10.1 Å². The molecule has 94 valence electrons. The van der Waals surface area contributed by atoms with Crippen molar-refractivity contribution in [2.24, 2.45) is 0 Å². The zero-order valence-corrected chi connectivity index (χ0v) is 10.5. The maximum atomic E-state index is 5.62. The Balaban J connectivity index is 1.84. The van der Waals surface area contributed by atoms with Gasteiger partial charge in [-0.05, 0) is 30.8 Å². The summed E-state index contributed by atoms with van der Waals surface area (Å²) >= 11 is 0. The van der Waals surface area contributed by atoms with E-state index in [2.05, 4.69) is 15.3 Å². The van der Waals surface area contributed by atoms with Crippen molar-refractivity contribution >= 4 is 0 Å². The quantitative estimate of drug-likeness (QED) is 0.840. The molecule has 0 fully saturated rings. The number of nitrogens with one attached hydrogen (secondary N) is 1. The van der Waals surface area contributed by atoms with Gasteiger partial charge in [-0.3, -0.25) is 4.98 Å². The van der Waals surface area contributed by atoms with E-state index in [-0.39, 0.29) is 0 Å². The van der Waals surface area contributed by atoms with E-state index in [4.69, 9.17) is 4.74 Å². The highest BCUT2D eigenvalue weighted by Gasteiger charge is 1.99. The van der Waals surface area contributed by atoms with E-state index < -0.39 is 0 Å². The molecule has 0 saturated heterocycles. The minimum Gasteiger partial charge on any atom is -0.477 e. The fraction of sp³-hybridized carbons (Fsp3) is 0.286. The summed E-state index contributed by atoms with van der Waals surface area (Å²) in [5, 5.41) is 3.10. The van der Waals surface area contributed by atoms with Gasteiger partial charge in [-0.15, -0.1) is 0 Å². The van der Waals surface area contributed by atoms with Crippen molar-refractivity contribution in [2.45, 2.75) is 13.0 Å². The zero-order valence-electron chi connectivity index (χ0n) is 10.5. The predicted molar refractivity (Wildman–Crippen MR) is 70.4 cm³/mol. The summed E-state index contributed by atoms with van der Waals surface area (Å²) in [4.78, 5) is 8.43. The van der Waals surface area contributed by atoms with Crippen LogP contribution in [0.1, 0.15) is 11.3 Å². The molecule has 0 spiro atoms. The molecule has 0 aliphatic carbocycles. The smallest absolute Gasteiger partial charge is 0.213 e. The maximum absolute atomic E-state index is 5.62. The number of pyridine rings is 2. The van der Waals surface area contributed by atoms with Crippen LogP contribution in [0.15, 0.2) is 42.7 Å². The second-order valence-corrected chi connectivity index (χ2v) is 3.95. The number of nitrogens with zero attached hydrogens (tertiary/aromatic N) is 2. The zero-order chi connectivity index (χ0) is 12.6. The summed E-state index contributed by atoms with van der Waals surface area (Å²) in [5.74, 6) is 0.665. The number of aromatic nitrogens is 2. The molecule has 0 unspecified atom stereocenters. The topological polar surface area (TPSA) is 47.0 Å². The predicted octanol–water partition coefficient (Wildman–Crippen LogP) is 1.82. The van der Waals surface area contributed by atoms with Crippen LogP contribution in [0.2, 0.25) is 0 Å². The van der Waals surface area contributed by atoms with Gasteiger partial charge >= 0.3 is 0 Å². The monoisotopic (exact) mass is 243 g/mol. The van der Waals surface area contributed by atoms with Gasteiger partial charge in [0.05, 0.1) is 6.61 Å². The van der Waals surface area contributed by atoms with Crippen molar-refractivity contribution in [1.29, 1.82) is 0 Å². The Morgan fingerprint density at radius 3 is 2.89 bits per heavy atom. The molecule has 0 radical (unpaired) electrons. The molecule has 1 N–H and O–H groups in total. The van der Waals surface area contributed by atoms with Crippen LogP contribution in [0.3, 0.4) is 0 Å². The van der Waals surface area contributed by atoms with Crippen molar-refractivity contribution in [3.63, 3.8) is 0 Å². The third-order valence-corrected chi connectivity index (χ3v) is 2.51. The third-order valence-electron chi connectivity index (χ3n) is 2.51. The van der Waals surface area contributed by atoms with Crippen molar-refractivity contribution < 1.29 is 4.74 Å². The molecule has 0 saturated carbocycles. The molecular weight excluding hydrogens is 226 g/mol. The van der Waals surface area contributed by atoms with Crippen molar-refractivity contribution in [1.82, 2.24) is 15.3 Å². The van der Waals surface area contributed by atoms with Gasteiger partial charge < -0.3 is 10.1 Å². The molecule has 0 bridgehead atoms. The highest BCUT2D eigenvalue weighted by atomic mass is 16.5. The van der Waals surface area contributed by atoms with E-state index in [1.807, 2.05) is 37.4 Å². The van der Waals surface area contributed by atoms with Gasteiger partial charge in [0.15, 0.2) is 0 Å². The Morgan fingerprint density at radius 2 is 2.11 bits per heavy atom. The van der Waals surface area contributed by atoms with Crippen LogP contribution >= 0.6 is 0 Å². The Bertz CT molecular complexity index is 473. The van der Waals surface area contributed by atoms with Gasteiger partial charge in [0.25, 0.3) is 0 Å². The molecule has 18 heavy (non-hydrogen) atoms. The summed E-state index contributed by atoms with van der Waals surface area (Å²) < 4.78 is 5.62. The molecule has 2 aromatic rings. The Morgan fingerprint density at radius 1 is 1.17 bits per heavy atom. The lowest BCUT2D eigenvalue weighted by atomic mass is 10.2. The normalized spacial score (nSPS) is 10.3. The molecule has 4 heteroatoms. The average molecular weight is 243 g/mol. The maximum Gasteiger partial charge on any atom is 0.213 e. The van der Waals surface area contributed by atoms with E-state index in [0.717, 1.165) is 18.7 Å². The van der Waals surface area contributed by atoms with Crippen LogP contribution in [0.4, 0.5) is 0 Å². The van der Waals surface area contributed by atoms with Crippen LogP contribution in [-0.2, 0) is 13.0 Å². The molecule has 4 nitrogen and oxygen atoms in total. The molecule has 2 rings (SSSR count). The summed E-state index contributed by atoms with van der Waals surface area (Å²) in [6.07, 6.45) is 4.35. The van der Waals surface area contributed by atoms with Gasteiger partial charge in [-0.1, -0.05) is 6.07 Å². The Labute approximate surface area is 107 Å². The van der Waals surface area contributed by atoms with Crippen LogP contribution in [0.5, 0.6) is 5.88 Å². The minimum atomic E-state index is 0.590. The Hall–Kier alpha value is -1.94. The fourth-order valence-corrected chi connectivity index (χ4v) is 1.65. The lowest BCUT2D eigenvalue weighted by Crippen LogP contribution is -2.07. The lowest BCUT2D eigenvalue weighted by molar-refractivity contribution is 0.308. The largest absolute Gasteiger partial charge is 0.477 e. The molecule has 2 aromatic heterocycles. The first-order chi connectivity index (χ1) is 8.88. The molecule has 0 atom stereocenters. The molecule has 0 aliphatic heterocycles. The molecular formula is C14H17N3O. The van der Waals surface area contributed by atoms with E-state index in [1.165, 1.54) is 5.56 Å². The summed E-state index contributed by atoms with van der Waals surface area (Å²) in [5.41, 5.74) is 2.20. The highest BCUT2D eigenvalue weighted by molar-refractivity contribution is 5.20. The lowest BCUT2D eigenvalue weighted by Gasteiger charge is -2.06. The third kappa shape index (κ3) is 3.82. The first kappa shape index (κ1) is 12.5. The van der Waals surface area contributed by atoms with Gasteiger partial charge in [-0.25, -0.2) is 4.98 Å². The van der Waals surface area contributed by atoms with E-state index in [1.54, 1.807) is 12.4 Å². The van der Waals surface area contributed by atoms with Gasteiger partial charge in [0.2, 0.25) is 5.88 Å². The number of hydrogen-bond donors (Lipinski definition) is 1. The molecule has 0 amide bonds. The molecule has 0 aliphatic rings. The molecule has 0 aromatic carbocycles. The summed E-state index contributed by atoms with van der Waals surface area (Å²) in [6, 6.07) is 9.81.